The van der Waals surface area contributed by atoms with Crippen LogP contribution in [0.25, 0.3) is 0 Å². The fourth-order valence-corrected chi connectivity index (χ4v) is 1.85. The first-order chi connectivity index (χ1) is 8.61. The Morgan fingerprint density at radius 2 is 2.22 bits per heavy atom. The molecule has 1 N–H and O–H groups in total. The van der Waals surface area contributed by atoms with Crippen LogP contribution in [0, 0.1) is 25.2 Å². The molecular weight excluding hydrogens is 226 g/mol. The van der Waals surface area contributed by atoms with E-state index < -0.39 is 0 Å². The molecule has 0 saturated carbocycles. The SMILES string of the molecule is Cc1nn(C)c(C)c1CNc1cc(C#N)ccn1. The molecule has 0 aromatic carbocycles. The highest BCUT2D eigenvalue weighted by molar-refractivity contribution is 5.43. The average Bonchev–Trinajstić information content (AvgIpc) is 2.61. The molecule has 0 amide bonds. The van der Waals surface area contributed by atoms with Gasteiger partial charge in [-0.15, -0.1) is 0 Å². The van der Waals surface area contributed by atoms with Crippen molar-refractivity contribution >= 4 is 5.82 Å². The number of rotatable bonds is 3. The molecule has 2 aromatic rings. The Morgan fingerprint density at radius 3 is 2.83 bits per heavy atom. The van der Waals surface area contributed by atoms with E-state index in [2.05, 4.69) is 21.5 Å². The van der Waals surface area contributed by atoms with Crippen molar-refractivity contribution in [2.24, 2.45) is 7.05 Å². The Kier molecular flexibility index (Phi) is 3.28. The van der Waals surface area contributed by atoms with Crippen molar-refractivity contribution in [3.8, 4) is 6.07 Å². The van der Waals surface area contributed by atoms with Gasteiger partial charge in [-0.2, -0.15) is 10.4 Å². The van der Waals surface area contributed by atoms with Gasteiger partial charge in [0.2, 0.25) is 0 Å². The van der Waals surface area contributed by atoms with Gasteiger partial charge in [0, 0.05) is 31.0 Å². The molecule has 0 saturated heterocycles. The van der Waals surface area contributed by atoms with Gasteiger partial charge in [-0.3, -0.25) is 4.68 Å². The second kappa shape index (κ2) is 4.88. The third-order valence-electron chi connectivity index (χ3n) is 2.99. The number of aryl methyl sites for hydroxylation is 2. The summed E-state index contributed by atoms with van der Waals surface area (Å²) in [5.74, 6) is 0.705. The summed E-state index contributed by atoms with van der Waals surface area (Å²) in [7, 11) is 1.93. The Hall–Kier alpha value is -2.35. The van der Waals surface area contributed by atoms with Crippen molar-refractivity contribution in [2.75, 3.05) is 5.32 Å². The van der Waals surface area contributed by atoms with E-state index >= 15 is 0 Å². The summed E-state index contributed by atoms with van der Waals surface area (Å²) in [6, 6.07) is 5.52. The second-order valence-electron chi connectivity index (χ2n) is 4.17. The van der Waals surface area contributed by atoms with Crippen LogP contribution < -0.4 is 5.32 Å². The molecule has 0 bridgehead atoms. The molecule has 0 aliphatic heterocycles. The Labute approximate surface area is 106 Å². The van der Waals surface area contributed by atoms with E-state index in [4.69, 9.17) is 5.26 Å². The lowest BCUT2D eigenvalue weighted by Crippen LogP contribution is -2.03. The normalized spacial score (nSPS) is 10.1. The van der Waals surface area contributed by atoms with Gasteiger partial charge in [0.25, 0.3) is 0 Å². The van der Waals surface area contributed by atoms with Crippen LogP contribution in [0.3, 0.4) is 0 Å². The third kappa shape index (κ3) is 2.33. The second-order valence-corrected chi connectivity index (χ2v) is 4.17. The quantitative estimate of drug-likeness (QED) is 0.891. The van der Waals surface area contributed by atoms with Gasteiger partial charge < -0.3 is 5.32 Å². The summed E-state index contributed by atoms with van der Waals surface area (Å²) >= 11 is 0. The van der Waals surface area contributed by atoms with Crippen LogP contribution in [0.2, 0.25) is 0 Å². The molecule has 2 heterocycles. The maximum absolute atomic E-state index is 8.82. The number of pyridine rings is 1. The molecule has 0 unspecified atom stereocenters. The van der Waals surface area contributed by atoms with Crippen LogP contribution in [0.4, 0.5) is 5.82 Å². The van der Waals surface area contributed by atoms with Crippen molar-refractivity contribution in [1.29, 1.82) is 5.26 Å². The molecule has 0 atom stereocenters. The molecule has 0 aliphatic carbocycles. The highest BCUT2D eigenvalue weighted by Gasteiger charge is 2.08. The monoisotopic (exact) mass is 241 g/mol. The summed E-state index contributed by atoms with van der Waals surface area (Å²) < 4.78 is 1.87. The lowest BCUT2D eigenvalue weighted by Gasteiger charge is -2.06. The highest BCUT2D eigenvalue weighted by Crippen LogP contribution is 2.14. The minimum Gasteiger partial charge on any atom is -0.366 e. The molecule has 18 heavy (non-hydrogen) atoms. The van der Waals surface area contributed by atoms with Gasteiger partial charge in [-0.1, -0.05) is 0 Å². The zero-order chi connectivity index (χ0) is 13.1. The van der Waals surface area contributed by atoms with Crippen LogP contribution in [0.1, 0.15) is 22.5 Å². The summed E-state index contributed by atoms with van der Waals surface area (Å²) in [5, 5.41) is 16.4. The van der Waals surface area contributed by atoms with Gasteiger partial charge in [0.1, 0.15) is 5.82 Å². The Balaban J connectivity index is 2.14. The first-order valence-corrected chi connectivity index (χ1v) is 5.71. The largest absolute Gasteiger partial charge is 0.366 e. The molecule has 2 aromatic heterocycles. The first kappa shape index (κ1) is 12.1. The number of hydrogen-bond acceptors (Lipinski definition) is 4. The van der Waals surface area contributed by atoms with E-state index in [0.717, 1.165) is 11.4 Å². The van der Waals surface area contributed by atoms with Crippen LogP contribution in [0.5, 0.6) is 0 Å². The number of nitrogens with zero attached hydrogens (tertiary/aromatic N) is 4. The van der Waals surface area contributed by atoms with Gasteiger partial charge in [0.15, 0.2) is 0 Å². The van der Waals surface area contributed by atoms with E-state index in [1.165, 1.54) is 5.56 Å². The van der Waals surface area contributed by atoms with Crippen molar-refractivity contribution in [3.63, 3.8) is 0 Å². The molecule has 0 aliphatic rings. The van der Waals surface area contributed by atoms with Crippen LogP contribution in [-0.2, 0) is 13.6 Å². The number of aromatic nitrogens is 3. The zero-order valence-corrected chi connectivity index (χ0v) is 10.7. The number of hydrogen-bond donors (Lipinski definition) is 1. The Bertz CT molecular complexity index is 606. The summed E-state index contributed by atoms with van der Waals surface area (Å²) in [6.07, 6.45) is 1.63. The number of nitrogens with one attached hydrogen (secondary N) is 1. The van der Waals surface area contributed by atoms with Crippen molar-refractivity contribution < 1.29 is 0 Å². The predicted molar refractivity (Wildman–Crippen MR) is 69.0 cm³/mol. The van der Waals surface area contributed by atoms with E-state index in [-0.39, 0.29) is 0 Å². The molecule has 0 spiro atoms. The lowest BCUT2D eigenvalue weighted by molar-refractivity contribution is 0.730. The minimum atomic E-state index is 0.604. The molecule has 92 valence electrons. The van der Waals surface area contributed by atoms with Crippen LogP contribution in [0.15, 0.2) is 18.3 Å². The molecule has 0 fully saturated rings. The first-order valence-electron chi connectivity index (χ1n) is 5.71. The van der Waals surface area contributed by atoms with Gasteiger partial charge in [-0.25, -0.2) is 4.98 Å². The third-order valence-corrected chi connectivity index (χ3v) is 2.99. The van der Waals surface area contributed by atoms with Gasteiger partial charge >= 0.3 is 0 Å². The molecule has 0 radical (unpaired) electrons. The summed E-state index contributed by atoms with van der Waals surface area (Å²) in [5.41, 5.74) is 3.92. The van der Waals surface area contributed by atoms with Crippen molar-refractivity contribution in [2.45, 2.75) is 20.4 Å². The average molecular weight is 241 g/mol. The summed E-state index contributed by atoms with van der Waals surface area (Å²) in [6.45, 7) is 4.69. The van der Waals surface area contributed by atoms with E-state index in [1.54, 1.807) is 18.3 Å². The minimum absolute atomic E-state index is 0.604. The fraction of sp³-hybridized carbons (Fsp3) is 0.308. The topological polar surface area (TPSA) is 66.5 Å². The molecular formula is C13H15N5. The summed E-state index contributed by atoms with van der Waals surface area (Å²) in [4.78, 5) is 4.18. The number of nitriles is 1. The fourth-order valence-electron chi connectivity index (χ4n) is 1.85. The maximum atomic E-state index is 8.82. The predicted octanol–water partition coefficient (Wildman–Crippen LogP) is 1.92. The van der Waals surface area contributed by atoms with Gasteiger partial charge in [-0.05, 0) is 26.0 Å². The zero-order valence-electron chi connectivity index (χ0n) is 10.7. The lowest BCUT2D eigenvalue weighted by atomic mass is 10.2. The smallest absolute Gasteiger partial charge is 0.127 e. The maximum Gasteiger partial charge on any atom is 0.127 e. The highest BCUT2D eigenvalue weighted by atomic mass is 15.3. The van der Waals surface area contributed by atoms with Crippen LogP contribution >= 0.6 is 0 Å². The number of anilines is 1. The molecule has 5 nitrogen and oxygen atoms in total. The molecule has 5 heteroatoms. The van der Waals surface area contributed by atoms with E-state index in [0.29, 0.717) is 17.9 Å². The molecule has 2 rings (SSSR count). The van der Waals surface area contributed by atoms with E-state index in [1.807, 2.05) is 25.6 Å². The van der Waals surface area contributed by atoms with Gasteiger partial charge in [0.05, 0.1) is 17.3 Å². The standard InChI is InChI=1S/C13H15N5/c1-9-12(10(2)18(3)17-9)8-16-13-6-11(7-14)4-5-15-13/h4-6H,8H2,1-3H3,(H,15,16). The van der Waals surface area contributed by atoms with Crippen molar-refractivity contribution in [3.05, 3.63) is 40.8 Å². The van der Waals surface area contributed by atoms with Crippen LogP contribution in [-0.4, -0.2) is 14.8 Å². The van der Waals surface area contributed by atoms with Crippen molar-refractivity contribution in [1.82, 2.24) is 14.8 Å². The van der Waals surface area contributed by atoms with E-state index in [9.17, 15) is 0 Å². The Morgan fingerprint density at radius 1 is 1.44 bits per heavy atom.